The first kappa shape index (κ1) is 19.8. The molecule has 1 N–H and O–H groups in total. The van der Waals surface area contributed by atoms with Crippen LogP contribution < -0.4 is 5.56 Å². The van der Waals surface area contributed by atoms with Crippen LogP contribution in [0.1, 0.15) is 49.7 Å². The molecule has 0 radical (unpaired) electrons. The number of H-pyrrole nitrogens is 1. The summed E-state index contributed by atoms with van der Waals surface area (Å²) in [5.74, 6) is 0.475. The van der Waals surface area contributed by atoms with E-state index in [4.69, 9.17) is 0 Å². The topological polar surface area (TPSA) is 101 Å². The normalized spacial score (nSPS) is 16.9. The molecule has 148 valence electrons. The van der Waals surface area contributed by atoms with Crippen molar-refractivity contribution in [2.24, 2.45) is 5.92 Å². The van der Waals surface area contributed by atoms with E-state index in [0.717, 1.165) is 5.69 Å². The Balaban J connectivity index is 1.67. The van der Waals surface area contributed by atoms with E-state index in [1.54, 1.807) is 30.8 Å². The van der Waals surface area contributed by atoms with E-state index in [2.05, 4.69) is 15.2 Å². The van der Waals surface area contributed by atoms with Crippen LogP contribution in [-0.4, -0.2) is 45.6 Å². The van der Waals surface area contributed by atoms with E-state index >= 15 is 0 Å². The summed E-state index contributed by atoms with van der Waals surface area (Å²) in [5.41, 5.74) is 1.81. The van der Waals surface area contributed by atoms with Gasteiger partial charge in [-0.05, 0) is 38.5 Å². The third-order valence-corrected chi connectivity index (χ3v) is 7.34. The van der Waals surface area contributed by atoms with Crippen LogP contribution >= 0.6 is 0 Å². The molecule has 0 atom stereocenters. The molecule has 0 unspecified atom stereocenters. The lowest BCUT2D eigenvalue weighted by atomic mass is 9.98. The molecule has 1 aliphatic heterocycles. The zero-order chi connectivity index (χ0) is 19.8. The Morgan fingerprint density at radius 3 is 2.44 bits per heavy atom. The number of hydrogen-bond acceptors (Lipinski definition) is 5. The molecule has 0 aliphatic carbocycles. The molecule has 27 heavy (non-hydrogen) atoms. The fourth-order valence-corrected chi connectivity index (χ4v) is 5.35. The van der Waals surface area contributed by atoms with Crippen molar-refractivity contribution < 1.29 is 8.42 Å². The van der Waals surface area contributed by atoms with E-state index in [0.29, 0.717) is 43.9 Å². The van der Waals surface area contributed by atoms with E-state index in [1.807, 2.05) is 13.8 Å². The molecule has 0 saturated carbocycles. The highest BCUT2D eigenvalue weighted by atomic mass is 32.2. The van der Waals surface area contributed by atoms with Gasteiger partial charge >= 0.3 is 0 Å². The molecular weight excluding hydrogens is 366 g/mol. The fourth-order valence-electron chi connectivity index (χ4n) is 3.55. The SMILES string of the molecule is Cc1n[nH]c(C)c1S(=O)(=O)N1CCC(Cn2cnc(C(C)C)cc2=O)CC1. The van der Waals surface area contributed by atoms with E-state index in [-0.39, 0.29) is 22.3 Å². The number of hydrogen-bond donors (Lipinski definition) is 1. The average Bonchev–Trinajstić information content (AvgIpc) is 2.96. The van der Waals surface area contributed by atoms with Crippen molar-refractivity contribution in [1.82, 2.24) is 24.1 Å². The molecule has 9 heteroatoms. The first-order valence-corrected chi connectivity index (χ1v) is 10.7. The maximum atomic E-state index is 12.9. The third kappa shape index (κ3) is 3.98. The third-order valence-electron chi connectivity index (χ3n) is 5.18. The Labute approximate surface area is 159 Å². The number of sulfonamides is 1. The first-order chi connectivity index (χ1) is 12.7. The largest absolute Gasteiger partial charge is 0.299 e. The van der Waals surface area contributed by atoms with Gasteiger partial charge in [-0.25, -0.2) is 13.4 Å². The highest BCUT2D eigenvalue weighted by molar-refractivity contribution is 7.89. The Morgan fingerprint density at radius 2 is 1.93 bits per heavy atom. The summed E-state index contributed by atoms with van der Waals surface area (Å²) in [5, 5.41) is 6.74. The summed E-state index contributed by atoms with van der Waals surface area (Å²) in [4.78, 5) is 16.9. The number of aromatic nitrogens is 4. The predicted octanol–water partition coefficient (Wildman–Crippen LogP) is 1.81. The maximum Gasteiger partial charge on any atom is 0.253 e. The van der Waals surface area contributed by atoms with E-state index < -0.39 is 10.0 Å². The maximum absolute atomic E-state index is 12.9. The van der Waals surface area contributed by atoms with Crippen LogP contribution in [0.4, 0.5) is 0 Å². The Bertz CT molecular complexity index is 950. The zero-order valence-electron chi connectivity index (χ0n) is 16.3. The lowest BCUT2D eigenvalue weighted by molar-refractivity contribution is 0.250. The molecule has 2 aromatic rings. The van der Waals surface area contributed by atoms with Gasteiger partial charge in [0.25, 0.3) is 5.56 Å². The minimum atomic E-state index is -3.54. The van der Waals surface area contributed by atoms with Crippen molar-refractivity contribution in [2.45, 2.75) is 57.9 Å². The summed E-state index contributed by atoms with van der Waals surface area (Å²) in [7, 11) is -3.54. The van der Waals surface area contributed by atoms with Gasteiger partial charge < -0.3 is 0 Å². The molecule has 1 aliphatic rings. The van der Waals surface area contributed by atoms with Crippen LogP contribution in [0.5, 0.6) is 0 Å². The lowest BCUT2D eigenvalue weighted by Gasteiger charge is -2.31. The van der Waals surface area contributed by atoms with Crippen molar-refractivity contribution in [3.8, 4) is 0 Å². The average molecular weight is 394 g/mol. The molecule has 0 bridgehead atoms. The van der Waals surface area contributed by atoms with Gasteiger partial charge in [-0.15, -0.1) is 0 Å². The Hall–Kier alpha value is -2.00. The Morgan fingerprint density at radius 1 is 1.26 bits per heavy atom. The molecule has 0 spiro atoms. The van der Waals surface area contributed by atoms with Gasteiger partial charge in [0.1, 0.15) is 4.90 Å². The van der Waals surface area contributed by atoms with Crippen LogP contribution in [0, 0.1) is 19.8 Å². The van der Waals surface area contributed by atoms with Crippen LogP contribution in [0.25, 0.3) is 0 Å². The van der Waals surface area contributed by atoms with E-state index in [9.17, 15) is 13.2 Å². The second kappa shape index (κ2) is 7.55. The highest BCUT2D eigenvalue weighted by Gasteiger charge is 2.32. The van der Waals surface area contributed by atoms with Crippen molar-refractivity contribution in [1.29, 1.82) is 0 Å². The molecule has 1 saturated heterocycles. The monoisotopic (exact) mass is 393 g/mol. The summed E-state index contributed by atoms with van der Waals surface area (Å²) in [6, 6.07) is 1.59. The summed E-state index contributed by atoms with van der Waals surface area (Å²) in [6.07, 6.45) is 3.04. The highest BCUT2D eigenvalue weighted by Crippen LogP contribution is 2.27. The molecule has 0 aromatic carbocycles. The van der Waals surface area contributed by atoms with Gasteiger partial charge in [0, 0.05) is 25.7 Å². The van der Waals surface area contributed by atoms with Crippen molar-refractivity contribution >= 4 is 10.0 Å². The zero-order valence-corrected chi connectivity index (χ0v) is 17.1. The predicted molar refractivity (Wildman–Crippen MR) is 102 cm³/mol. The van der Waals surface area contributed by atoms with Gasteiger partial charge in [-0.2, -0.15) is 9.40 Å². The van der Waals surface area contributed by atoms with Crippen molar-refractivity contribution in [3.05, 3.63) is 39.8 Å². The number of aryl methyl sites for hydroxylation is 2. The van der Waals surface area contributed by atoms with Crippen molar-refractivity contribution in [3.63, 3.8) is 0 Å². The summed E-state index contributed by atoms with van der Waals surface area (Å²) < 4.78 is 29.0. The fraction of sp³-hybridized carbons (Fsp3) is 0.611. The van der Waals surface area contributed by atoms with E-state index in [1.165, 1.54) is 4.31 Å². The summed E-state index contributed by atoms with van der Waals surface area (Å²) in [6.45, 7) is 8.90. The van der Waals surface area contributed by atoms with Crippen LogP contribution in [0.15, 0.2) is 22.1 Å². The minimum Gasteiger partial charge on any atom is -0.299 e. The molecule has 8 nitrogen and oxygen atoms in total. The van der Waals surface area contributed by atoms with Gasteiger partial charge in [-0.1, -0.05) is 13.8 Å². The summed E-state index contributed by atoms with van der Waals surface area (Å²) >= 11 is 0. The molecule has 1 fully saturated rings. The number of nitrogens with zero attached hydrogens (tertiary/aromatic N) is 4. The number of rotatable bonds is 5. The van der Waals surface area contributed by atoms with Gasteiger partial charge in [0.15, 0.2) is 0 Å². The number of nitrogens with one attached hydrogen (secondary N) is 1. The van der Waals surface area contributed by atoms with Crippen molar-refractivity contribution in [2.75, 3.05) is 13.1 Å². The number of aromatic amines is 1. The molecule has 3 heterocycles. The smallest absolute Gasteiger partial charge is 0.253 e. The standard InChI is InChI=1S/C18H27N5O3S/c1-12(2)16-9-17(24)22(11-19-16)10-15-5-7-23(8-6-15)27(25,26)18-13(3)20-21-14(18)4/h9,11-12,15H,5-8,10H2,1-4H3,(H,20,21). The Kier molecular flexibility index (Phi) is 5.53. The van der Waals surface area contributed by atoms with Gasteiger partial charge in [0.05, 0.1) is 23.4 Å². The van der Waals surface area contributed by atoms with Gasteiger partial charge in [-0.3, -0.25) is 14.5 Å². The quantitative estimate of drug-likeness (QED) is 0.835. The molecule has 2 aromatic heterocycles. The molecular formula is C18H27N5O3S. The minimum absolute atomic E-state index is 0.0478. The lowest BCUT2D eigenvalue weighted by Crippen LogP contribution is -2.40. The van der Waals surface area contributed by atoms with Crippen LogP contribution in [0.3, 0.4) is 0 Å². The van der Waals surface area contributed by atoms with Gasteiger partial charge in [0.2, 0.25) is 10.0 Å². The second-order valence-electron chi connectivity index (χ2n) is 7.57. The molecule has 0 amide bonds. The second-order valence-corrected chi connectivity index (χ2v) is 9.44. The van der Waals surface area contributed by atoms with Crippen LogP contribution in [0.2, 0.25) is 0 Å². The first-order valence-electron chi connectivity index (χ1n) is 9.28. The number of piperidine rings is 1. The van der Waals surface area contributed by atoms with Crippen LogP contribution in [-0.2, 0) is 16.6 Å². The molecule has 3 rings (SSSR count).